The van der Waals surface area contributed by atoms with Gasteiger partial charge in [-0.05, 0) is 55.3 Å². The number of carbonyl (C=O) groups excluding carboxylic acids is 1. The fourth-order valence-corrected chi connectivity index (χ4v) is 4.15. The lowest BCUT2D eigenvalue weighted by Crippen LogP contribution is -2.37. The van der Waals surface area contributed by atoms with Crippen molar-refractivity contribution in [3.63, 3.8) is 0 Å². The fraction of sp³-hybridized carbons (Fsp3) is 0.200. The molecular formula is C25H28FN5O2. The molecule has 1 aliphatic rings. The number of hydrogen-bond donors (Lipinski definition) is 2. The van der Waals surface area contributed by atoms with Gasteiger partial charge in [-0.3, -0.25) is 9.78 Å². The molecule has 3 heterocycles. The Hall–Kier alpha value is -4.07. The van der Waals surface area contributed by atoms with Crippen LogP contribution in [-0.4, -0.2) is 45.1 Å². The Balaban J connectivity index is 0.00000152. The summed E-state index contributed by atoms with van der Waals surface area (Å²) in [6.07, 6.45) is 3.92. The first-order valence-corrected chi connectivity index (χ1v) is 10.7. The number of aromatic hydroxyl groups is 1. The normalized spacial score (nSPS) is 15.7. The first kappa shape index (κ1) is 20.8. The maximum Gasteiger partial charge on any atom is 0.251 e. The number of benzene rings is 2. The molecule has 1 atom stereocenters. The van der Waals surface area contributed by atoms with Gasteiger partial charge in [0.05, 0.1) is 11.1 Å². The van der Waals surface area contributed by atoms with E-state index in [1.165, 1.54) is 18.2 Å². The molecule has 2 aromatic carbocycles. The van der Waals surface area contributed by atoms with Crippen molar-refractivity contribution >= 4 is 22.6 Å². The highest BCUT2D eigenvalue weighted by Gasteiger charge is 2.28. The Morgan fingerprint density at radius 2 is 2.00 bits per heavy atom. The molecule has 1 saturated heterocycles. The van der Waals surface area contributed by atoms with E-state index in [1.54, 1.807) is 24.5 Å². The van der Waals surface area contributed by atoms with Crippen LogP contribution in [0.25, 0.3) is 22.3 Å². The number of phenols is 1. The summed E-state index contributed by atoms with van der Waals surface area (Å²) in [6, 6.07) is 13.3. The topological polar surface area (TPSA) is 91.2 Å². The molecule has 0 spiro atoms. The summed E-state index contributed by atoms with van der Waals surface area (Å²) in [4.78, 5) is 27.8. The first-order chi connectivity index (χ1) is 16.0. The Kier molecular flexibility index (Phi) is 5.34. The van der Waals surface area contributed by atoms with E-state index < -0.39 is 5.82 Å². The number of aromatic nitrogens is 3. The van der Waals surface area contributed by atoms with Gasteiger partial charge in [-0.15, -0.1) is 0 Å². The highest BCUT2D eigenvalue weighted by molar-refractivity contribution is 5.94. The second-order valence-electron chi connectivity index (χ2n) is 8.17. The molecule has 5 rings (SSSR count). The molecule has 2 N–H and O–H groups in total. The SMILES string of the molecule is Cc1ccc2c(N3CC[C@@H](NC(=O)c4ccncc4)C3)nc(-c3c(O)cccc3F)nc2c1.[HH].[HH].[HH]. The second kappa shape index (κ2) is 8.46. The van der Waals surface area contributed by atoms with Crippen LogP contribution in [0.1, 0.15) is 26.6 Å². The lowest BCUT2D eigenvalue weighted by atomic mass is 10.1. The number of hydrogen-bond acceptors (Lipinski definition) is 6. The van der Waals surface area contributed by atoms with Crippen molar-refractivity contribution in [1.29, 1.82) is 0 Å². The minimum atomic E-state index is -0.586. The van der Waals surface area contributed by atoms with Gasteiger partial charge in [0.15, 0.2) is 5.82 Å². The molecule has 0 bridgehead atoms. The van der Waals surface area contributed by atoms with Gasteiger partial charge in [0.2, 0.25) is 0 Å². The standard InChI is InChI=1S/C25H22FN5O2.3H2/c1-15-5-6-18-20(13-15)29-23(22-19(26)3-2-4-21(22)32)30-24(18)31-12-9-17(14-31)28-25(33)16-7-10-27-11-8-16;;;/h2-8,10-11,13,17,32H,9,12,14H2,1H3,(H,28,33);3*1H/t17-;;;/m1.../s1. The molecule has 2 aromatic heterocycles. The van der Waals surface area contributed by atoms with Crippen molar-refractivity contribution in [2.24, 2.45) is 0 Å². The molecular weight excluding hydrogens is 421 g/mol. The molecule has 0 aliphatic carbocycles. The number of phenolic OH excluding ortho intramolecular Hbond substituents is 1. The van der Waals surface area contributed by atoms with Crippen molar-refractivity contribution in [1.82, 2.24) is 20.3 Å². The third kappa shape index (κ3) is 4.07. The van der Waals surface area contributed by atoms with E-state index >= 15 is 0 Å². The van der Waals surface area contributed by atoms with Crippen LogP contribution >= 0.6 is 0 Å². The number of aryl methyl sites for hydroxylation is 1. The van der Waals surface area contributed by atoms with Gasteiger partial charge in [-0.2, -0.15) is 0 Å². The van der Waals surface area contributed by atoms with Gasteiger partial charge in [0.25, 0.3) is 5.91 Å². The molecule has 0 radical (unpaired) electrons. The van der Waals surface area contributed by atoms with Gasteiger partial charge < -0.3 is 15.3 Å². The number of nitrogens with zero attached hydrogens (tertiary/aromatic N) is 4. The number of anilines is 1. The minimum Gasteiger partial charge on any atom is -0.507 e. The highest BCUT2D eigenvalue weighted by atomic mass is 19.1. The summed E-state index contributed by atoms with van der Waals surface area (Å²) in [5.41, 5.74) is 2.22. The number of pyridine rings is 1. The highest BCUT2D eigenvalue weighted by Crippen LogP contribution is 2.34. The number of nitrogens with one attached hydrogen (secondary N) is 1. The van der Waals surface area contributed by atoms with E-state index in [9.17, 15) is 14.3 Å². The Bertz CT molecular complexity index is 1340. The van der Waals surface area contributed by atoms with Crippen LogP contribution in [0.4, 0.5) is 10.2 Å². The maximum absolute atomic E-state index is 14.6. The van der Waals surface area contributed by atoms with Crippen LogP contribution in [0.15, 0.2) is 60.9 Å². The van der Waals surface area contributed by atoms with Crippen molar-refractivity contribution in [3.05, 3.63) is 77.9 Å². The quantitative estimate of drug-likeness (QED) is 0.473. The van der Waals surface area contributed by atoms with Crippen LogP contribution < -0.4 is 10.2 Å². The fourth-order valence-electron chi connectivity index (χ4n) is 4.15. The largest absolute Gasteiger partial charge is 0.507 e. The van der Waals surface area contributed by atoms with Gasteiger partial charge in [-0.25, -0.2) is 14.4 Å². The van der Waals surface area contributed by atoms with Crippen LogP contribution in [-0.2, 0) is 0 Å². The molecule has 7 nitrogen and oxygen atoms in total. The van der Waals surface area contributed by atoms with E-state index in [1.807, 2.05) is 25.1 Å². The summed E-state index contributed by atoms with van der Waals surface area (Å²) < 4.78 is 14.6. The van der Waals surface area contributed by atoms with Crippen molar-refractivity contribution < 1.29 is 18.6 Å². The summed E-state index contributed by atoms with van der Waals surface area (Å²) >= 11 is 0. The predicted molar refractivity (Wildman–Crippen MR) is 130 cm³/mol. The molecule has 1 fully saturated rings. The lowest BCUT2D eigenvalue weighted by Gasteiger charge is -2.21. The maximum atomic E-state index is 14.6. The number of halogens is 1. The number of fused-ring (bicyclic) bond motifs is 1. The molecule has 4 aromatic rings. The molecule has 1 amide bonds. The summed E-state index contributed by atoms with van der Waals surface area (Å²) in [5.74, 6) is -0.167. The van der Waals surface area contributed by atoms with Gasteiger partial charge >= 0.3 is 0 Å². The second-order valence-corrected chi connectivity index (χ2v) is 8.17. The number of carbonyl (C=O) groups is 1. The van der Waals surface area contributed by atoms with E-state index in [0.717, 1.165) is 17.4 Å². The van der Waals surface area contributed by atoms with Gasteiger partial charge in [-0.1, -0.05) is 12.1 Å². The zero-order chi connectivity index (χ0) is 22.9. The van der Waals surface area contributed by atoms with Crippen LogP contribution in [0.2, 0.25) is 0 Å². The average molecular weight is 450 g/mol. The number of rotatable bonds is 4. The van der Waals surface area contributed by atoms with E-state index in [-0.39, 0.29) is 33.4 Å². The van der Waals surface area contributed by atoms with Crippen LogP contribution in [0, 0.1) is 12.7 Å². The van der Waals surface area contributed by atoms with E-state index in [4.69, 9.17) is 0 Å². The van der Waals surface area contributed by atoms with E-state index in [2.05, 4.69) is 25.2 Å². The van der Waals surface area contributed by atoms with Crippen molar-refractivity contribution in [2.75, 3.05) is 18.0 Å². The Labute approximate surface area is 194 Å². The lowest BCUT2D eigenvalue weighted by molar-refractivity contribution is 0.0940. The minimum absolute atomic E-state index is 0. The zero-order valence-electron chi connectivity index (χ0n) is 18.0. The van der Waals surface area contributed by atoms with Crippen LogP contribution in [0.5, 0.6) is 5.75 Å². The monoisotopic (exact) mass is 449 g/mol. The van der Waals surface area contributed by atoms with Gasteiger partial charge in [0.1, 0.15) is 17.4 Å². The summed E-state index contributed by atoms with van der Waals surface area (Å²) in [6.45, 7) is 3.19. The molecule has 1 aliphatic heterocycles. The summed E-state index contributed by atoms with van der Waals surface area (Å²) in [7, 11) is 0. The number of amides is 1. The third-order valence-corrected chi connectivity index (χ3v) is 5.81. The molecule has 172 valence electrons. The smallest absolute Gasteiger partial charge is 0.251 e. The zero-order valence-corrected chi connectivity index (χ0v) is 18.0. The van der Waals surface area contributed by atoms with Crippen LogP contribution in [0.3, 0.4) is 0 Å². The first-order valence-electron chi connectivity index (χ1n) is 10.7. The molecule has 8 heteroatoms. The van der Waals surface area contributed by atoms with E-state index in [0.29, 0.717) is 30.0 Å². The predicted octanol–water partition coefficient (Wildman–Crippen LogP) is 4.59. The van der Waals surface area contributed by atoms with Gasteiger partial charge in [0, 0.05) is 46.8 Å². The molecule has 0 saturated carbocycles. The summed E-state index contributed by atoms with van der Waals surface area (Å²) in [5, 5.41) is 14.2. The molecule has 0 unspecified atom stereocenters. The average Bonchev–Trinajstić information content (AvgIpc) is 3.27. The molecule has 33 heavy (non-hydrogen) atoms. The third-order valence-electron chi connectivity index (χ3n) is 5.81. The van der Waals surface area contributed by atoms with Crippen molar-refractivity contribution in [2.45, 2.75) is 19.4 Å². The van der Waals surface area contributed by atoms with Crippen molar-refractivity contribution in [3.8, 4) is 17.1 Å². The Morgan fingerprint density at radius 3 is 2.79 bits per heavy atom. The Morgan fingerprint density at radius 1 is 1.18 bits per heavy atom.